The molecule has 0 aromatic heterocycles. The Kier molecular flexibility index (Phi) is 9.43. The number of nitrogens with one attached hydrogen (secondary N) is 1. The van der Waals surface area contributed by atoms with Crippen LogP contribution in [-0.4, -0.2) is 61.0 Å². The Balaban J connectivity index is 0.00000361. The Morgan fingerprint density at radius 1 is 1.20 bits per heavy atom. The van der Waals surface area contributed by atoms with E-state index in [0.29, 0.717) is 6.54 Å². The number of amides is 1. The van der Waals surface area contributed by atoms with Crippen LogP contribution in [0.25, 0.3) is 0 Å². The van der Waals surface area contributed by atoms with Gasteiger partial charge in [-0.25, -0.2) is 0 Å². The van der Waals surface area contributed by atoms with Gasteiger partial charge in [-0.05, 0) is 73.1 Å². The molecular weight excluding hydrogens is 274 g/mol. The molecule has 0 spiro atoms. The molecule has 1 amide bonds. The van der Waals surface area contributed by atoms with Gasteiger partial charge in [0.2, 0.25) is 5.91 Å². The van der Waals surface area contributed by atoms with Crippen molar-refractivity contribution in [2.45, 2.75) is 52.6 Å². The molecule has 1 aliphatic heterocycles. The molecule has 120 valence electrons. The van der Waals surface area contributed by atoms with E-state index in [2.05, 4.69) is 37.9 Å². The second-order valence-electron chi connectivity index (χ2n) is 6.27. The highest BCUT2D eigenvalue weighted by molar-refractivity contribution is 5.85. The van der Waals surface area contributed by atoms with Crippen LogP contribution in [0.2, 0.25) is 0 Å². The lowest BCUT2D eigenvalue weighted by atomic mass is 9.97. The Morgan fingerprint density at radius 2 is 1.70 bits per heavy atom. The molecule has 0 aliphatic carbocycles. The summed E-state index contributed by atoms with van der Waals surface area (Å²) in [6, 6.07) is 0.573. The van der Waals surface area contributed by atoms with Gasteiger partial charge < -0.3 is 10.2 Å². The van der Waals surface area contributed by atoms with Crippen LogP contribution in [0.5, 0.6) is 0 Å². The summed E-state index contributed by atoms with van der Waals surface area (Å²) >= 11 is 0. The van der Waals surface area contributed by atoms with Gasteiger partial charge in [-0.15, -0.1) is 12.4 Å². The molecule has 5 heteroatoms. The quantitative estimate of drug-likeness (QED) is 0.815. The maximum atomic E-state index is 12.4. The number of halogens is 1. The first-order valence-electron chi connectivity index (χ1n) is 7.63. The molecule has 0 radical (unpaired) electrons. The van der Waals surface area contributed by atoms with E-state index in [1.807, 2.05) is 11.9 Å². The van der Waals surface area contributed by atoms with E-state index in [1.54, 1.807) is 0 Å². The van der Waals surface area contributed by atoms with Crippen molar-refractivity contribution in [3.63, 3.8) is 0 Å². The summed E-state index contributed by atoms with van der Waals surface area (Å²) in [5.74, 6) is 1.06. The second kappa shape index (κ2) is 9.59. The molecule has 1 aliphatic rings. The highest BCUT2D eigenvalue weighted by Crippen LogP contribution is 2.16. The van der Waals surface area contributed by atoms with Gasteiger partial charge >= 0.3 is 0 Å². The van der Waals surface area contributed by atoms with E-state index in [1.165, 1.54) is 12.8 Å². The first-order valence-corrected chi connectivity index (χ1v) is 7.63. The molecule has 0 bridgehead atoms. The SMILES string of the molecule is CNCC1CCN(CC(=O)N(C(C)C)C(C)C)CC1.Cl. The molecule has 1 saturated heterocycles. The third-order valence-corrected chi connectivity index (χ3v) is 3.96. The minimum atomic E-state index is 0. The van der Waals surface area contributed by atoms with Crippen LogP contribution in [0, 0.1) is 5.92 Å². The third kappa shape index (κ3) is 5.98. The number of hydrogen-bond acceptors (Lipinski definition) is 3. The molecule has 1 N–H and O–H groups in total. The normalized spacial score (nSPS) is 17.4. The molecule has 4 nitrogen and oxygen atoms in total. The summed E-state index contributed by atoms with van der Waals surface area (Å²) < 4.78 is 0. The van der Waals surface area contributed by atoms with Crippen molar-refractivity contribution in [1.82, 2.24) is 15.1 Å². The van der Waals surface area contributed by atoms with Gasteiger partial charge in [0.15, 0.2) is 0 Å². The van der Waals surface area contributed by atoms with Gasteiger partial charge in [-0.2, -0.15) is 0 Å². The number of likely N-dealkylation sites (tertiary alicyclic amines) is 1. The van der Waals surface area contributed by atoms with Gasteiger partial charge in [-0.3, -0.25) is 9.69 Å². The largest absolute Gasteiger partial charge is 0.337 e. The zero-order valence-corrected chi connectivity index (χ0v) is 14.5. The molecule has 0 unspecified atom stereocenters. The zero-order chi connectivity index (χ0) is 14.4. The highest BCUT2D eigenvalue weighted by Gasteiger charge is 2.25. The molecule has 0 atom stereocenters. The third-order valence-electron chi connectivity index (χ3n) is 3.96. The maximum absolute atomic E-state index is 12.4. The molecule has 1 fully saturated rings. The first-order chi connectivity index (χ1) is 8.95. The van der Waals surface area contributed by atoms with Crippen molar-refractivity contribution < 1.29 is 4.79 Å². The van der Waals surface area contributed by atoms with Crippen LogP contribution < -0.4 is 5.32 Å². The van der Waals surface area contributed by atoms with Gasteiger partial charge in [0.05, 0.1) is 6.54 Å². The second-order valence-corrected chi connectivity index (χ2v) is 6.27. The lowest BCUT2D eigenvalue weighted by Crippen LogP contribution is -2.48. The van der Waals surface area contributed by atoms with Gasteiger partial charge in [0.1, 0.15) is 0 Å². The van der Waals surface area contributed by atoms with E-state index < -0.39 is 0 Å². The van der Waals surface area contributed by atoms with Crippen molar-refractivity contribution >= 4 is 18.3 Å². The van der Waals surface area contributed by atoms with Crippen molar-refractivity contribution in [2.75, 3.05) is 33.2 Å². The summed E-state index contributed by atoms with van der Waals surface area (Å²) in [5, 5.41) is 3.25. The lowest BCUT2D eigenvalue weighted by Gasteiger charge is -2.36. The van der Waals surface area contributed by atoms with E-state index in [0.717, 1.165) is 25.6 Å². The highest BCUT2D eigenvalue weighted by atomic mass is 35.5. The number of nitrogens with zero attached hydrogens (tertiary/aromatic N) is 2. The van der Waals surface area contributed by atoms with Crippen molar-refractivity contribution in [3.8, 4) is 0 Å². The van der Waals surface area contributed by atoms with Crippen LogP contribution >= 0.6 is 12.4 Å². The molecule has 1 rings (SSSR count). The average Bonchev–Trinajstić information content (AvgIpc) is 2.31. The van der Waals surface area contributed by atoms with E-state index >= 15 is 0 Å². The molecule has 0 aromatic carbocycles. The summed E-state index contributed by atoms with van der Waals surface area (Å²) in [7, 11) is 2.01. The summed E-state index contributed by atoms with van der Waals surface area (Å²) in [6.45, 7) is 12.2. The predicted molar refractivity (Wildman–Crippen MR) is 87.5 cm³/mol. The molecule has 20 heavy (non-hydrogen) atoms. The van der Waals surface area contributed by atoms with Crippen molar-refractivity contribution in [1.29, 1.82) is 0 Å². The Bertz CT molecular complexity index is 268. The number of rotatable bonds is 6. The fourth-order valence-electron chi connectivity index (χ4n) is 3.08. The lowest BCUT2D eigenvalue weighted by molar-refractivity contribution is -0.136. The van der Waals surface area contributed by atoms with Gasteiger partial charge in [0, 0.05) is 12.1 Å². The molecule has 0 saturated carbocycles. The first kappa shape index (κ1) is 19.7. The fourth-order valence-corrected chi connectivity index (χ4v) is 3.08. The van der Waals surface area contributed by atoms with E-state index in [9.17, 15) is 4.79 Å². The minimum absolute atomic E-state index is 0. The van der Waals surface area contributed by atoms with Crippen LogP contribution in [-0.2, 0) is 4.79 Å². The smallest absolute Gasteiger partial charge is 0.237 e. The topological polar surface area (TPSA) is 35.6 Å². The number of hydrogen-bond donors (Lipinski definition) is 1. The minimum Gasteiger partial charge on any atom is -0.337 e. The summed E-state index contributed by atoms with van der Waals surface area (Å²) in [4.78, 5) is 16.7. The Labute approximate surface area is 130 Å². The number of carbonyl (C=O) groups excluding carboxylic acids is 1. The molecular formula is C15H32ClN3O. The van der Waals surface area contributed by atoms with Crippen molar-refractivity contribution in [3.05, 3.63) is 0 Å². The standard InChI is InChI=1S/C15H31N3O.ClH/c1-12(2)18(13(3)4)15(19)11-17-8-6-14(7-9-17)10-16-5;/h12-14,16H,6-11H2,1-5H3;1H. The average molecular weight is 306 g/mol. The number of carbonyl (C=O) groups is 1. The van der Waals surface area contributed by atoms with Crippen LogP contribution in [0.1, 0.15) is 40.5 Å². The summed E-state index contributed by atoms with van der Waals surface area (Å²) in [6.07, 6.45) is 2.41. The van der Waals surface area contributed by atoms with Crippen LogP contribution in [0.4, 0.5) is 0 Å². The zero-order valence-electron chi connectivity index (χ0n) is 13.7. The summed E-state index contributed by atoms with van der Waals surface area (Å²) in [5.41, 5.74) is 0. The maximum Gasteiger partial charge on any atom is 0.237 e. The van der Waals surface area contributed by atoms with Gasteiger partial charge in [-0.1, -0.05) is 0 Å². The van der Waals surface area contributed by atoms with Gasteiger partial charge in [0.25, 0.3) is 0 Å². The molecule has 0 aromatic rings. The Hall–Kier alpha value is -0.320. The molecule has 1 heterocycles. The van der Waals surface area contributed by atoms with E-state index in [-0.39, 0.29) is 30.4 Å². The van der Waals surface area contributed by atoms with E-state index in [4.69, 9.17) is 0 Å². The monoisotopic (exact) mass is 305 g/mol. The predicted octanol–water partition coefficient (Wildman–Crippen LogP) is 1.98. The fraction of sp³-hybridized carbons (Fsp3) is 0.933. The van der Waals surface area contributed by atoms with Crippen LogP contribution in [0.15, 0.2) is 0 Å². The van der Waals surface area contributed by atoms with Crippen molar-refractivity contribution in [2.24, 2.45) is 5.92 Å². The van der Waals surface area contributed by atoms with Crippen LogP contribution in [0.3, 0.4) is 0 Å². The number of piperidine rings is 1. The Morgan fingerprint density at radius 3 is 2.10 bits per heavy atom.